The maximum atomic E-state index is 12.4. The van der Waals surface area contributed by atoms with Crippen molar-refractivity contribution in [1.82, 2.24) is 0 Å². The summed E-state index contributed by atoms with van der Waals surface area (Å²) in [6.45, 7) is 0. The highest BCUT2D eigenvalue weighted by atomic mass is 19.1. The maximum Gasteiger partial charge on any atom is 0.123 e. The van der Waals surface area contributed by atoms with E-state index in [1.54, 1.807) is 25.3 Å². The molecule has 0 spiro atoms. The second kappa shape index (κ2) is 5.00. The molecule has 13 heavy (non-hydrogen) atoms. The van der Waals surface area contributed by atoms with Gasteiger partial charge in [-0.3, -0.25) is 0 Å². The van der Waals surface area contributed by atoms with Crippen molar-refractivity contribution >= 4 is 0 Å². The van der Waals surface area contributed by atoms with Gasteiger partial charge in [-0.1, -0.05) is 11.8 Å². The molecule has 0 N–H and O–H groups in total. The van der Waals surface area contributed by atoms with Crippen LogP contribution in [0.4, 0.5) is 4.39 Å². The van der Waals surface area contributed by atoms with Crippen LogP contribution in [0, 0.1) is 17.7 Å². The average molecular weight is 176 g/mol. The van der Waals surface area contributed by atoms with Gasteiger partial charge in [0.05, 0.1) is 13.4 Å². The zero-order chi connectivity index (χ0) is 9.52. The molecule has 0 heterocycles. The summed E-state index contributed by atoms with van der Waals surface area (Å²) in [5, 5.41) is 0. The van der Waals surface area contributed by atoms with Gasteiger partial charge in [0, 0.05) is 11.6 Å². The van der Waals surface area contributed by atoms with E-state index in [1.165, 1.54) is 18.4 Å². The number of benzene rings is 1. The maximum absolute atomic E-state index is 12.4. The highest BCUT2D eigenvalue weighted by molar-refractivity contribution is 5.36. The van der Waals surface area contributed by atoms with Gasteiger partial charge < -0.3 is 4.74 Å². The summed E-state index contributed by atoms with van der Waals surface area (Å²) in [6.07, 6.45) is 3.07. The summed E-state index contributed by atoms with van der Waals surface area (Å²) < 4.78 is 17.1. The number of halogens is 1. The third-order valence-corrected chi connectivity index (χ3v) is 1.35. The summed E-state index contributed by atoms with van der Waals surface area (Å²) in [6, 6.07) is 6.01. The fourth-order valence-corrected chi connectivity index (χ4v) is 0.760. The van der Waals surface area contributed by atoms with E-state index in [9.17, 15) is 4.39 Å². The number of rotatable bonds is 1. The van der Waals surface area contributed by atoms with E-state index in [0.29, 0.717) is 0 Å². The van der Waals surface area contributed by atoms with E-state index in [4.69, 9.17) is 0 Å². The second-order valence-electron chi connectivity index (χ2n) is 2.31. The Bertz CT molecular complexity index is 341. The van der Waals surface area contributed by atoms with Crippen LogP contribution in [-0.2, 0) is 4.74 Å². The first-order valence-electron chi connectivity index (χ1n) is 3.78. The Morgan fingerprint density at radius 2 is 2.00 bits per heavy atom. The van der Waals surface area contributed by atoms with Gasteiger partial charge in [0.25, 0.3) is 0 Å². The molecular weight excluding hydrogens is 167 g/mol. The van der Waals surface area contributed by atoms with Crippen LogP contribution < -0.4 is 0 Å². The Kier molecular flexibility index (Phi) is 3.59. The summed E-state index contributed by atoms with van der Waals surface area (Å²) in [7, 11) is 1.55. The van der Waals surface area contributed by atoms with Gasteiger partial charge in [-0.05, 0) is 24.3 Å². The first-order chi connectivity index (χ1) is 6.33. The number of allylic oxidation sites excluding steroid dienone is 1. The lowest BCUT2D eigenvalue weighted by molar-refractivity contribution is 0.338. The quantitative estimate of drug-likeness (QED) is 0.471. The monoisotopic (exact) mass is 176 g/mol. The minimum Gasteiger partial charge on any atom is -0.504 e. The van der Waals surface area contributed by atoms with Crippen molar-refractivity contribution in [3.63, 3.8) is 0 Å². The molecule has 0 bridgehead atoms. The molecule has 0 amide bonds. The minimum atomic E-state index is -0.252. The van der Waals surface area contributed by atoms with Crippen molar-refractivity contribution in [2.45, 2.75) is 0 Å². The zero-order valence-electron chi connectivity index (χ0n) is 7.25. The van der Waals surface area contributed by atoms with Crippen molar-refractivity contribution in [1.29, 1.82) is 0 Å². The highest BCUT2D eigenvalue weighted by Gasteiger charge is 1.86. The Morgan fingerprint density at radius 1 is 1.31 bits per heavy atom. The molecule has 0 aromatic heterocycles. The Hall–Kier alpha value is -1.75. The molecule has 0 unspecified atom stereocenters. The first kappa shape index (κ1) is 9.34. The van der Waals surface area contributed by atoms with E-state index < -0.39 is 0 Å². The van der Waals surface area contributed by atoms with Gasteiger partial charge in [0.2, 0.25) is 0 Å². The SMILES string of the molecule is CO/C=C/C#Cc1ccc(F)cc1. The lowest BCUT2D eigenvalue weighted by Gasteiger charge is -1.87. The molecule has 66 valence electrons. The Balaban J connectivity index is 2.67. The molecule has 1 aromatic rings. The van der Waals surface area contributed by atoms with E-state index in [-0.39, 0.29) is 5.82 Å². The predicted molar refractivity (Wildman–Crippen MR) is 49.4 cm³/mol. The second-order valence-corrected chi connectivity index (χ2v) is 2.31. The Morgan fingerprint density at radius 3 is 2.62 bits per heavy atom. The molecule has 0 aliphatic heterocycles. The summed E-state index contributed by atoms with van der Waals surface area (Å²) in [4.78, 5) is 0. The van der Waals surface area contributed by atoms with Crippen LogP contribution in [0.5, 0.6) is 0 Å². The van der Waals surface area contributed by atoms with Crippen LogP contribution in [0.3, 0.4) is 0 Å². The molecule has 0 atom stereocenters. The predicted octanol–water partition coefficient (Wildman–Crippen LogP) is 2.34. The van der Waals surface area contributed by atoms with Crippen LogP contribution in [0.2, 0.25) is 0 Å². The average Bonchev–Trinajstić information content (AvgIpc) is 2.15. The molecule has 1 nitrogen and oxygen atoms in total. The molecule has 1 aromatic carbocycles. The number of ether oxygens (including phenoxy) is 1. The van der Waals surface area contributed by atoms with Crippen molar-refractivity contribution in [3.05, 3.63) is 48.0 Å². The van der Waals surface area contributed by atoms with Crippen molar-refractivity contribution < 1.29 is 9.13 Å². The van der Waals surface area contributed by atoms with Crippen LogP contribution in [0.25, 0.3) is 0 Å². The highest BCUT2D eigenvalue weighted by Crippen LogP contribution is 2.00. The minimum absolute atomic E-state index is 0.252. The van der Waals surface area contributed by atoms with Gasteiger partial charge in [-0.15, -0.1) is 0 Å². The molecule has 0 radical (unpaired) electrons. The molecule has 0 saturated carbocycles. The van der Waals surface area contributed by atoms with Gasteiger partial charge in [-0.2, -0.15) is 0 Å². The summed E-state index contributed by atoms with van der Waals surface area (Å²) >= 11 is 0. The molecule has 0 aliphatic rings. The van der Waals surface area contributed by atoms with Crippen LogP contribution in [0.15, 0.2) is 36.6 Å². The van der Waals surface area contributed by atoms with Crippen molar-refractivity contribution in [2.24, 2.45) is 0 Å². The smallest absolute Gasteiger partial charge is 0.123 e. The lowest BCUT2D eigenvalue weighted by atomic mass is 10.2. The normalized spacial score (nSPS) is 9.38. The third kappa shape index (κ3) is 3.44. The Labute approximate surface area is 76.8 Å². The lowest BCUT2D eigenvalue weighted by Crippen LogP contribution is -1.74. The molecule has 1 rings (SSSR count). The fourth-order valence-electron chi connectivity index (χ4n) is 0.760. The number of hydrogen-bond donors (Lipinski definition) is 0. The number of methoxy groups -OCH3 is 1. The van der Waals surface area contributed by atoms with Gasteiger partial charge in [0.15, 0.2) is 0 Å². The van der Waals surface area contributed by atoms with Crippen LogP contribution in [-0.4, -0.2) is 7.11 Å². The fraction of sp³-hybridized carbons (Fsp3) is 0.0909. The zero-order valence-corrected chi connectivity index (χ0v) is 7.25. The summed E-state index contributed by atoms with van der Waals surface area (Å²) in [5.74, 6) is 5.32. The molecule has 0 aliphatic carbocycles. The molecule has 2 heteroatoms. The van der Waals surface area contributed by atoms with Crippen LogP contribution >= 0.6 is 0 Å². The van der Waals surface area contributed by atoms with E-state index in [0.717, 1.165) is 5.56 Å². The molecule has 0 saturated heterocycles. The standard InChI is InChI=1S/C11H9FO/c1-13-9-3-2-4-10-5-7-11(12)8-6-10/h3,5-9H,1H3/b9-3+. The topological polar surface area (TPSA) is 9.23 Å². The van der Waals surface area contributed by atoms with E-state index in [2.05, 4.69) is 16.6 Å². The van der Waals surface area contributed by atoms with Gasteiger partial charge in [-0.25, -0.2) is 4.39 Å². The van der Waals surface area contributed by atoms with E-state index in [1.807, 2.05) is 0 Å². The van der Waals surface area contributed by atoms with Crippen molar-refractivity contribution in [2.75, 3.05) is 7.11 Å². The van der Waals surface area contributed by atoms with Gasteiger partial charge in [0.1, 0.15) is 5.82 Å². The summed E-state index contributed by atoms with van der Waals surface area (Å²) in [5.41, 5.74) is 0.780. The van der Waals surface area contributed by atoms with Gasteiger partial charge >= 0.3 is 0 Å². The third-order valence-electron chi connectivity index (χ3n) is 1.35. The largest absolute Gasteiger partial charge is 0.504 e. The first-order valence-corrected chi connectivity index (χ1v) is 3.78. The van der Waals surface area contributed by atoms with Crippen LogP contribution in [0.1, 0.15) is 5.56 Å². The molecule has 0 fully saturated rings. The number of hydrogen-bond acceptors (Lipinski definition) is 1. The van der Waals surface area contributed by atoms with E-state index >= 15 is 0 Å². The van der Waals surface area contributed by atoms with Crippen molar-refractivity contribution in [3.8, 4) is 11.8 Å². The molecular formula is C11H9FO.